The standard InChI is InChI=1S/C12H15FN2O3/c13-10-3-4-11(12(6-10)15(16)17)14-7-9-2-1-5-18-8-9/h3-4,6,9,14H,1-2,5,7-8H2. The second-order valence-corrected chi connectivity index (χ2v) is 4.38. The molecule has 1 heterocycles. The first-order chi connectivity index (χ1) is 8.66. The molecule has 1 aromatic rings. The molecule has 1 fully saturated rings. The molecule has 2 rings (SSSR count). The average Bonchev–Trinajstić information content (AvgIpc) is 2.38. The molecule has 1 aliphatic heterocycles. The van der Waals surface area contributed by atoms with Gasteiger partial charge in [0.2, 0.25) is 0 Å². The first-order valence-electron chi connectivity index (χ1n) is 5.92. The van der Waals surface area contributed by atoms with Gasteiger partial charge in [-0.15, -0.1) is 0 Å². The van der Waals surface area contributed by atoms with Crippen LogP contribution in [0.15, 0.2) is 18.2 Å². The van der Waals surface area contributed by atoms with Gasteiger partial charge in [-0.2, -0.15) is 0 Å². The van der Waals surface area contributed by atoms with Crippen LogP contribution in [0.2, 0.25) is 0 Å². The van der Waals surface area contributed by atoms with Crippen LogP contribution in [0.1, 0.15) is 12.8 Å². The summed E-state index contributed by atoms with van der Waals surface area (Å²) in [5, 5.41) is 13.8. The largest absolute Gasteiger partial charge is 0.381 e. The minimum atomic E-state index is -0.603. The number of nitro groups is 1. The van der Waals surface area contributed by atoms with Crippen molar-refractivity contribution >= 4 is 11.4 Å². The number of ether oxygens (including phenoxy) is 1. The first-order valence-corrected chi connectivity index (χ1v) is 5.92. The molecular formula is C12H15FN2O3. The van der Waals surface area contributed by atoms with E-state index < -0.39 is 10.7 Å². The lowest BCUT2D eigenvalue weighted by Gasteiger charge is -2.22. The third-order valence-electron chi connectivity index (χ3n) is 2.99. The molecule has 6 heteroatoms. The molecule has 5 nitrogen and oxygen atoms in total. The van der Waals surface area contributed by atoms with Crippen LogP contribution < -0.4 is 5.32 Å². The highest BCUT2D eigenvalue weighted by atomic mass is 19.1. The Hall–Kier alpha value is -1.69. The molecule has 0 saturated carbocycles. The van der Waals surface area contributed by atoms with Crippen molar-refractivity contribution in [2.75, 3.05) is 25.1 Å². The van der Waals surface area contributed by atoms with Gasteiger partial charge in [0.15, 0.2) is 0 Å². The summed E-state index contributed by atoms with van der Waals surface area (Å²) in [6.45, 7) is 2.06. The number of halogens is 1. The summed E-state index contributed by atoms with van der Waals surface area (Å²) in [4.78, 5) is 10.2. The SMILES string of the molecule is O=[N+]([O-])c1cc(F)ccc1NCC1CCCOC1. The van der Waals surface area contributed by atoms with Crippen molar-refractivity contribution in [1.82, 2.24) is 0 Å². The fourth-order valence-electron chi connectivity index (χ4n) is 2.03. The van der Waals surface area contributed by atoms with Gasteiger partial charge in [-0.1, -0.05) is 0 Å². The molecule has 1 aliphatic rings. The third-order valence-corrected chi connectivity index (χ3v) is 2.99. The van der Waals surface area contributed by atoms with Crippen molar-refractivity contribution in [1.29, 1.82) is 0 Å². The fraction of sp³-hybridized carbons (Fsp3) is 0.500. The molecule has 0 aliphatic carbocycles. The predicted octanol–water partition coefficient (Wildman–Crippen LogP) is 2.57. The number of benzene rings is 1. The van der Waals surface area contributed by atoms with E-state index in [-0.39, 0.29) is 5.69 Å². The minimum absolute atomic E-state index is 0.230. The molecule has 0 spiro atoms. The number of nitrogens with zero attached hydrogens (tertiary/aromatic N) is 1. The van der Waals surface area contributed by atoms with Gasteiger partial charge in [0, 0.05) is 13.2 Å². The van der Waals surface area contributed by atoms with Gasteiger partial charge in [0.05, 0.1) is 17.6 Å². The highest BCUT2D eigenvalue weighted by Crippen LogP contribution is 2.25. The van der Waals surface area contributed by atoms with Gasteiger partial charge in [-0.3, -0.25) is 10.1 Å². The van der Waals surface area contributed by atoms with E-state index in [9.17, 15) is 14.5 Å². The number of nitrogens with one attached hydrogen (secondary N) is 1. The van der Waals surface area contributed by atoms with E-state index in [1.165, 1.54) is 12.1 Å². The van der Waals surface area contributed by atoms with Crippen LogP contribution in [0.5, 0.6) is 0 Å². The quantitative estimate of drug-likeness (QED) is 0.662. The van der Waals surface area contributed by atoms with Crippen LogP contribution >= 0.6 is 0 Å². The van der Waals surface area contributed by atoms with E-state index in [4.69, 9.17) is 4.74 Å². The Morgan fingerprint density at radius 1 is 1.56 bits per heavy atom. The maximum absolute atomic E-state index is 13.0. The van der Waals surface area contributed by atoms with Crippen LogP contribution in [0.25, 0.3) is 0 Å². The van der Waals surface area contributed by atoms with E-state index in [0.29, 0.717) is 24.8 Å². The maximum atomic E-state index is 13.0. The Labute approximate surface area is 104 Å². The fourth-order valence-corrected chi connectivity index (χ4v) is 2.03. The molecule has 0 bridgehead atoms. The summed E-state index contributed by atoms with van der Waals surface area (Å²) < 4.78 is 18.3. The molecule has 0 radical (unpaired) electrons. The van der Waals surface area contributed by atoms with Gasteiger partial charge in [0.1, 0.15) is 11.5 Å². The summed E-state index contributed by atoms with van der Waals surface area (Å²) >= 11 is 0. The summed E-state index contributed by atoms with van der Waals surface area (Å²) in [5.74, 6) is -0.253. The number of anilines is 1. The topological polar surface area (TPSA) is 64.4 Å². The molecule has 1 atom stereocenters. The third kappa shape index (κ3) is 3.16. The molecule has 0 amide bonds. The molecule has 1 unspecified atom stereocenters. The van der Waals surface area contributed by atoms with Crippen molar-refractivity contribution in [3.63, 3.8) is 0 Å². The van der Waals surface area contributed by atoms with Crippen molar-refractivity contribution in [3.05, 3.63) is 34.1 Å². The predicted molar refractivity (Wildman–Crippen MR) is 65.1 cm³/mol. The van der Waals surface area contributed by atoms with E-state index in [2.05, 4.69) is 5.32 Å². The summed E-state index contributed by atoms with van der Waals surface area (Å²) in [7, 11) is 0. The lowest BCUT2D eigenvalue weighted by atomic mass is 10.0. The zero-order valence-corrected chi connectivity index (χ0v) is 9.89. The van der Waals surface area contributed by atoms with Crippen LogP contribution in [-0.2, 0) is 4.74 Å². The molecular weight excluding hydrogens is 239 g/mol. The Balaban J connectivity index is 2.01. The van der Waals surface area contributed by atoms with E-state index >= 15 is 0 Å². The number of hydrogen-bond donors (Lipinski definition) is 1. The molecule has 1 aromatic carbocycles. The van der Waals surface area contributed by atoms with Crippen LogP contribution in [-0.4, -0.2) is 24.7 Å². The Morgan fingerprint density at radius 2 is 2.39 bits per heavy atom. The average molecular weight is 254 g/mol. The molecule has 1 saturated heterocycles. The van der Waals surface area contributed by atoms with Crippen LogP contribution in [0.3, 0.4) is 0 Å². The van der Waals surface area contributed by atoms with E-state index in [1.54, 1.807) is 0 Å². The first kappa shape index (κ1) is 12.8. The summed E-state index contributed by atoms with van der Waals surface area (Å²) in [6.07, 6.45) is 2.06. The smallest absolute Gasteiger partial charge is 0.295 e. The summed E-state index contributed by atoms with van der Waals surface area (Å²) in [6, 6.07) is 3.55. The minimum Gasteiger partial charge on any atom is -0.381 e. The van der Waals surface area contributed by atoms with Gasteiger partial charge in [0.25, 0.3) is 5.69 Å². The van der Waals surface area contributed by atoms with Gasteiger partial charge in [-0.05, 0) is 30.9 Å². The lowest BCUT2D eigenvalue weighted by Crippen LogP contribution is -2.24. The zero-order chi connectivity index (χ0) is 13.0. The van der Waals surface area contributed by atoms with Gasteiger partial charge >= 0.3 is 0 Å². The van der Waals surface area contributed by atoms with Crippen molar-refractivity contribution in [2.45, 2.75) is 12.8 Å². The van der Waals surface area contributed by atoms with Gasteiger partial charge in [-0.25, -0.2) is 4.39 Å². The van der Waals surface area contributed by atoms with E-state index in [0.717, 1.165) is 25.5 Å². The van der Waals surface area contributed by atoms with Gasteiger partial charge < -0.3 is 10.1 Å². The highest BCUT2D eigenvalue weighted by Gasteiger charge is 2.18. The van der Waals surface area contributed by atoms with Crippen molar-refractivity contribution < 1.29 is 14.1 Å². The second-order valence-electron chi connectivity index (χ2n) is 4.38. The molecule has 98 valence electrons. The Morgan fingerprint density at radius 3 is 3.06 bits per heavy atom. The normalized spacial score (nSPS) is 19.5. The monoisotopic (exact) mass is 254 g/mol. The Bertz CT molecular complexity index is 433. The molecule has 18 heavy (non-hydrogen) atoms. The molecule has 0 aromatic heterocycles. The lowest BCUT2D eigenvalue weighted by molar-refractivity contribution is -0.384. The van der Waals surface area contributed by atoms with Crippen molar-refractivity contribution in [2.24, 2.45) is 5.92 Å². The van der Waals surface area contributed by atoms with E-state index in [1.807, 2.05) is 0 Å². The highest BCUT2D eigenvalue weighted by molar-refractivity contribution is 5.61. The maximum Gasteiger partial charge on any atom is 0.295 e. The summed E-state index contributed by atoms with van der Waals surface area (Å²) in [5.41, 5.74) is 0.124. The number of rotatable bonds is 4. The number of nitro benzene ring substituents is 1. The van der Waals surface area contributed by atoms with Crippen molar-refractivity contribution in [3.8, 4) is 0 Å². The number of hydrogen-bond acceptors (Lipinski definition) is 4. The second kappa shape index (κ2) is 5.77. The Kier molecular flexibility index (Phi) is 4.09. The zero-order valence-electron chi connectivity index (χ0n) is 9.89. The van der Waals surface area contributed by atoms with Crippen LogP contribution in [0, 0.1) is 21.8 Å². The molecule has 1 N–H and O–H groups in total. The van der Waals surface area contributed by atoms with Crippen LogP contribution in [0.4, 0.5) is 15.8 Å².